The van der Waals surface area contributed by atoms with E-state index in [0.29, 0.717) is 12.8 Å². The van der Waals surface area contributed by atoms with E-state index in [2.05, 4.69) is 31.3 Å². The molecule has 9 nitrogen and oxygen atoms in total. The summed E-state index contributed by atoms with van der Waals surface area (Å²) in [7, 11) is 0. The molecular formula is C52H101NO8. The van der Waals surface area contributed by atoms with Crippen LogP contribution in [0, 0.1) is 0 Å². The first-order chi connectivity index (χ1) is 29.8. The first kappa shape index (κ1) is 57.9. The van der Waals surface area contributed by atoms with Crippen LogP contribution in [-0.2, 0) is 14.3 Å². The maximum Gasteiger partial charge on any atom is 0.220 e. The van der Waals surface area contributed by atoms with Gasteiger partial charge in [-0.3, -0.25) is 4.79 Å². The third-order valence-electron chi connectivity index (χ3n) is 12.9. The monoisotopic (exact) mass is 868 g/mol. The molecule has 0 aromatic heterocycles. The highest BCUT2D eigenvalue weighted by Gasteiger charge is 2.44. The quantitative estimate of drug-likeness (QED) is 0.0262. The fourth-order valence-corrected chi connectivity index (χ4v) is 8.63. The van der Waals surface area contributed by atoms with Crippen LogP contribution in [0.3, 0.4) is 0 Å². The van der Waals surface area contributed by atoms with E-state index in [-0.39, 0.29) is 12.5 Å². The van der Waals surface area contributed by atoms with Crippen molar-refractivity contribution in [2.75, 3.05) is 13.2 Å². The van der Waals surface area contributed by atoms with E-state index in [1.807, 2.05) is 0 Å². The van der Waals surface area contributed by atoms with Crippen molar-refractivity contribution >= 4 is 5.91 Å². The van der Waals surface area contributed by atoms with Crippen LogP contribution in [0.2, 0.25) is 0 Å². The molecule has 362 valence electrons. The molecule has 0 radical (unpaired) electrons. The third-order valence-corrected chi connectivity index (χ3v) is 12.9. The van der Waals surface area contributed by atoms with Gasteiger partial charge in [-0.2, -0.15) is 0 Å². The number of allylic oxidation sites excluding steroid dienone is 2. The van der Waals surface area contributed by atoms with Crippen molar-refractivity contribution in [3.8, 4) is 0 Å². The lowest BCUT2D eigenvalue weighted by molar-refractivity contribution is -0.302. The van der Waals surface area contributed by atoms with Gasteiger partial charge in [-0.05, 0) is 38.5 Å². The van der Waals surface area contributed by atoms with Crippen LogP contribution in [0.4, 0.5) is 0 Å². The van der Waals surface area contributed by atoms with Gasteiger partial charge in [0.15, 0.2) is 6.29 Å². The minimum absolute atomic E-state index is 0.136. The van der Waals surface area contributed by atoms with Crippen LogP contribution in [0.5, 0.6) is 0 Å². The van der Waals surface area contributed by atoms with Crippen molar-refractivity contribution in [3.63, 3.8) is 0 Å². The SMILES string of the molecule is CCCCCCCCCCCC/C=C\CCCCCCCCCC(=O)NC(COC1OC(CO)C(O)C(O)C1O)C(O)CCCCCCCCCCCCCCCCCCC. The van der Waals surface area contributed by atoms with Crippen molar-refractivity contribution in [1.29, 1.82) is 0 Å². The van der Waals surface area contributed by atoms with Crippen LogP contribution < -0.4 is 5.32 Å². The molecule has 6 N–H and O–H groups in total. The van der Waals surface area contributed by atoms with Crippen LogP contribution in [0.15, 0.2) is 12.2 Å². The minimum Gasteiger partial charge on any atom is -0.394 e. The molecule has 61 heavy (non-hydrogen) atoms. The number of carbonyl (C=O) groups excluding carboxylic acids is 1. The Morgan fingerprint density at radius 1 is 0.541 bits per heavy atom. The summed E-state index contributed by atoms with van der Waals surface area (Å²) in [6.07, 6.45) is 43.6. The van der Waals surface area contributed by atoms with Gasteiger partial charge in [0.2, 0.25) is 5.91 Å². The highest BCUT2D eigenvalue weighted by Crippen LogP contribution is 2.23. The predicted octanol–water partition coefficient (Wildman–Crippen LogP) is 12.1. The Morgan fingerprint density at radius 2 is 0.918 bits per heavy atom. The fraction of sp³-hybridized carbons (Fsp3) is 0.942. The normalized spacial score (nSPS) is 20.4. The van der Waals surface area contributed by atoms with Gasteiger partial charge in [0.1, 0.15) is 24.4 Å². The van der Waals surface area contributed by atoms with E-state index in [9.17, 15) is 30.3 Å². The van der Waals surface area contributed by atoms with Crippen molar-refractivity contribution in [3.05, 3.63) is 12.2 Å². The molecule has 1 aliphatic heterocycles. The van der Waals surface area contributed by atoms with E-state index in [1.54, 1.807) is 0 Å². The molecule has 1 rings (SSSR count). The van der Waals surface area contributed by atoms with Gasteiger partial charge in [0.05, 0.1) is 25.4 Å². The maximum atomic E-state index is 13.0. The molecule has 0 spiro atoms. The van der Waals surface area contributed by atoms with E-state index in [0.717, 1.165) is 38.5 Å². The molecular weight excluding hydrogens is 767 g/mol. The minimum atomic E-state index is -1.55. The van der Waals surface area contributed by atoms with E-state index in [4.69, 9.17) is 9.47 Å². The molecule has 0 aliphatic carbocycles. The average molecular weight is 868 g/mol. The number of unbranched alkanes of at least 4 members (excludes halogenated alkanes) is 33. The van der Waals surface area contributed by atoms with Crippen molar-refractivity contribution in [1.82, 2.24) is 5.32 Å². The maximum absolute atomic E-state index is 13.0. The zero-order valence-electron chi connectivity index (χ0n) is 39.9. The molecule has 0 aromatic carbocycles. The second kappa shape index (κ2) is 42.9. The highest BCUT2D eigenvalue weighted by molar-refractivity contribution is 5.76. The lowest BCUT2D eigenvalue weighted by Crippen LogP contribution is -2.60. The topological polar surface area (TPSA) is 149 Å². The van der Waals surface area contributed by atoms with Gasteiger partial charge in [0, 0.05) is 6.42 Å². The number of ether oxygens (including phenoxy) is 2. The fourth-order valence-electron chi connectivity index (χ4n) is 8.63. The molecule has 0 saturated carbocycles. The summed E-state index contributed by atoms with van der Waals surface area (Å²) in [4.78, 5) is 13.0. The molecule has 7 unspecified atom stereocenters. The van der Waals surface area contributed by atoms with Gasteiger partial charge in [-0.15, -0.1) is 0 Å². The first-order valence-corrected chi connectivity index (χ1v) is 26.4. The van der Waals surface area contributed by atoms with Crippen molar-refractivity contribution in [2.45, 2.75) is 301 Å². The van der Waals surface area contributed by atoms with E-state index >= 15 is 0 Å². The molecule has 1 heterocycles. The Bertz CT molecular complexity index is 966. The molecule has 0 aromatic rings. The van der Waals surface area contributed by atoms with Gasteiger partial charge in [-0.1, -0.05) is 225 Å². The van der Waals surface area contributed by atoms with Gasteiger partial charge in [-0.25, -0.2) is 0 Å². The number of hydrogen-bond donors (Lipinski definition) is 6. The third kappa shape index (κ3) is 33.1. The number of aliphatic hydroxyl groups excluding tert-OH is 5. The largest absolute Gasteiger partial charge is 0.394 e. The molecule has 1 saturated heterocycles. The standard InChI is InChI=1S/C52H101NO8/c1-3-5-7-9-11-13-15-17-19-21-22-23-24-26-28-30-32-34-36-38-40-42-48(56)53-45(44-60-52-51(59)50(58)49(57)47(43-54)61-52)46(55)41-39-37-35-33-31-29-27-25-20-18-16-14-12-10-8-6-4-2/h23-24,45-47,49-52,54-55,57-59H,3-22,25-44H2,1-2H3,(H,53,56)/b24-23-. The second-order valence-electron chi connectivity index (χ2n) is 18.7. The number of amides is 1. The van der Waals surface area contributed by atoms with E-state index < -0.39 is 49.5 Å². The summed E-state index contributed by atoms with van der Waals surface area (Å²) < 4.78 is 11.3. The van der Waals surface area contributed by atoms with Gasteiger partial charge in [0.25, 0.3) is 0 Å². The summed E-state index contributed by atoms with van der Waals surface area (Å²) in [5.74, 6) is -0.145. The number of nitrogens with one attached hydrogen (secondary N) is 1. The summed E-state index contributed by atoms with van der Waals surface area (Å²) in [5, 5.41) is 54.5. The van der Waals surface area contributed by atoms with Crippen molar-refractivity contribution in [2.24, 2.45) is 0 Å². The predicted molar refractivity (Wildman–Crippen MR) is 254 cm³/mol. The average Bonchev–Trinajstić information content (AvgIpc) is 3.26. The van der Waals surface area contributed by atoms with Gasteiger partial charge >= 0.3 is 0 Å². The Morgan fingerprint density at radius 3 is 1.33 bits per heavy atom. The number of rotatable bonds is 45. The van der Waals surface area contributed by atoms with Crippen LogP contribution in [0.1, 0.15) is 258 Å². The summed E-state index contributed by atoms with van der Waals surface area (Å²) >= 11 is 0. The molecule has 7 atom stereocenters. The smallest absolute Gasteiger partial charge is 0.220 e. The van der Waals surface area contributed by atoms with Crippen LogP contribution >= 0.6 is 0 Å². The van der Waals surface area contributed by atoms with Crippen LogP contribution in [0.25, 0.3) is 0 Å². The van der Waals surface area contributed by atoms with Gasteiger partial charge < -0.3 is 40.3 Å². The number of hydrogen-bond acceptors (Lipinski definition) is 8. The Labute approximate surface area is 376 Å². The molecule has 9 heteroatoms. The summed E-state index contributed by atoms with van der Waals surface area (Å²) in [5.41, 5.74) is 0. The molecule has 1 amide bonds. The lowest BCUT2D eigenvalue weighted by atomic mass is 9.99. The van der Waals surface area contributed by atoms with E-state index in [1.165, 1.54) is 193 Å². The Kier molecular flexibility index (Phi) is 40.7. The number of carbonyl (C=O) groups is 1. The zero-order valence-corrected chi connectivity index (χ0v) is 39.9. The summed E-state index contributed by atoms with van der Waals surface area (Å²) in [6, 6.07) is -0.718. The highest BCUT2D eigenvalue weighted by atomic mass is 16.7. The van der Waals surface area contributed by atoms with Crippen molar-refractivity contribution < 1.29 is 39.8 Å². The zero-order chi connectivity index (χ0) is 44.4. The summed E-state index contributed by atoms with van der Waals surface area (Å²) in [6.45, 7) is 3.86. The second-order valence-corrected chi connectivity index (χ2v) is 18.7. The number of aliphatic hydroxyl groups is 5. The molecule has 0 bridgehead atoms. The lowest BCUT2D eigenvalue weighted by Gasteiger charge is -2.40. The van der Waals surface area contributed by atoms with Crippen LogP contribution in [-0.4, -0.2) is 87.5 Å². The Balaban J connectivity index is 2.25. The first-order valence-electron chi connectivity index (χ1n) is 26.4. The molecule has 1 fully saturated rings. The molecule has 1 aliphatic rings. The Hall–Kier alpha value is -1.07.